The zero-order chi connectivity index (χ0) is 23.3. The lowest BCUT2D eigenvalue weighted by atomic mass is 10.1. The summed E-state index contributed by atoms with van der Waals surface area (Å²) in [5.74, 6) is 1.42. The normalized spacial score (nSPS) is 11.5. The van der Waals surface area contributed by atoms with Crippen LogP contribution in [0.1, 0.15) is 22.4 Å². The van der Waals surface area contributed by atoms with Gasteiger partial charge in [-0.1, -0.05) is 42.0 Å². The molecule has 8 nitrogen and oxygen atoms in total. The van der Waals surface area contributed by atoms with Crippen LogP contribution in [0.4, 0.5) is 0 Å². The topological polar surface area (TPSA) is 75.5 Å². The first kappa shape index (κ1) is 20.8. The predicted molar refractivity (Wildman–Crippen MR) is 127 cm³/mol. The van der Waals surface area contributed by atoms with Crippen LogP contribution in [-0.4, -0.2) is 30.2 Å². The van der Waals surface area contributed by atoms with Crippen molar-refractivity contribution in [3.63, 3.8) is 0 Å². The van der Waals surface area contributed by atoms with Crippen LogP contribution in [0.3, 0.4) is 0 Å². The molecule has 0 unspecified atom stereocenters. The van der Waals surface area contributed by atoms with Gasteiger partial charge in [-0.15, -0.1) is 0 Å². The van der Waals surface area contributed by atoms with E-state index in [1.54, 1.807) is 18.6 Å². The van der Waals surface area contributed by atoms with Gasteiger partial charge in [0.1, 0.15) is 5.75 Å². The number of methoxy groups -OCH3 is 1. The molecule has 0 amide bonds. The summed E-state index contributed by atoms with van der Waals surface area (Å²) in [7, 11) is 3.30. The maximum Gasteiger partial charge on any atom is 0.332 e. The first-order valence-electron chi connectivity index (χ1n) is 10.7. The molecule has 0 atom stereocenters. The Labute approximate surface area is 189 Å². The molecule has 3 heterocycles. The molecule has 0 radical (unpaired) electrons. The van der Waals surface area contributed by atoms with Gasteiger partial charge in [0.05, 0.1) is 20.2 Å². The Hall–Kier alpha value is -4.07. The zero-order valence-electron chi connectivity index (χ0n) is 19.1. The predicted octanol–water partition coefficient (Wildman–Crippen LogP) is 2.87. The van der Waals surface area contributed by atoms with Crippen molar-refractivity contribution in [1.82, 2.24) is 23.1 Å². The molecule has 0 aliphatic heterocycles. The van der Waals surface area contributed by atoms with E-state index < -0.39 is 0 Å². The average molecular weight is 444 g/mol. The highest BCUT2D eigenvalue weighted by atomic mass is 16.5. The second kappa shape index (κ2) is 7.81. The molecule has 0 spiro atoms. The van der Waals surface area contributed by atoms with E-state index in [-0.39, 0.29) is 17.8 Å². The standard InChI is InChI=1S/C25H25N5O3/c1-16-6-5-7-19(12-16)15-30-23(31)21-22(27(3)25(30)32)26-24-28(17(2)13-29(21)24)14-18-8-10-20(33-4)11-9-18/h5-13H,14-15H2,1-4H3. The lowest BCUT2D eigenvalue weighted by Crippen LogP contribution is -2.39. The maximum absolute atomic E-state index is 13.5. The molecule has 0 N–H and O–H groups in total. The van der Waals surface area contributed by atoms with Crippen LogP contribution in [-0.2, 0) is 20.1 Å². The summed E-state index contributed by atoms with van der Waals surface area (Å²) in [6, 6.07) is 15.7. The Morgan fingerprint density at radius 2 is 1.67 bits per heavy atom. The Morgan fingerprint density at radius 3 is 2.36 bits per heavy atom. The number of imidazole rings is 2. The molecule has 33 heavy (non-hydrogen) atoms. The molecule has 3 aromatic heterocycles. The molecular weight excluding hydrogens is 418 g/mol. The quantitative estimate of drug-likeness (QED) is 0.419. The van der Waals surface area contributed by atoms with Crippen molar-refractivity contribution in [3.8, 4) is 5.75 Å². The van der Waals surface area contributed by atoms with Gasteiger partial charge in [0, 0.05) is 18.9 Å². The van der Waals surface area contributed by atoms with E-state index in [1.807, 2.05) is 73.1 Å². The molecule has 0 aliphatic rings. The monoisotopic (exact) mass is 443 g/mol. The van der Waals surface area contributed by atoms with Crippen molar-refractivity contribution in [2.24, 2.45) is 7.05 Å². The highest BCUT2D eigenvalue weighted by Gasteiger charge is 2.20. The lowest BCUT2D eigenvalue weighted by molar-refractivity contribution is 0.414. The third-order valence-corrected chi connectivity index (χ3v) is 6.06. The fraction of sp³-hybridized carbons (Fsp3) is 0.240. The van der Waals surface area contributed by atoms with E-state index in [2.05, 4.69) is 0 Å². The second-order valence-electron chi connectivity index (χ2n) is 8.38. The van der Waals surface area contributed by atoms with Crippen molar-refractivity contribution in [3.05, 3.63) is 98.0 Å². The van der Waals surface area contributed by atoms with Gasteiger partial charge in [0.25, 0.3) is 5.56 Å². The molecule has 0 aliphatic carbocycles. The van der Waals surface area contributed by atoms with Crippen LogP contribution in [0.2, 0.25) is 0 Å². The van der Waals surface area contributed by atoms with Gasteiger partial charge in [-0.2, -0.15) is 4.98 Å². The van der Waals surface area contributed by atoms with Crippen LogP contribution in [0.5, 0.6) is 5.75 Å². The number of ether oxygens (including phenoxy) is 1. The maximum atomic E-state index is 13.5. The SMILES string of the molecule is COc1ccc(Cn2c(C)cn3c4c(=O)n(Cc5cccc(C)c5)c(=O)n(C)c4nc23)cc1. The fourth-order valence-corrected chi connectivity index (χ4v) is 4.30. The Morgan fingerprint density at radius 1 is 0.939 bits per heavy atom. The van der Waals surface area contributed by atoms with Gasteiger partial charge in [-0.05, 0) is 37.1 Å². The number of hydrogen-bond donors (Lipinski definition) is 0. The fourth-order valence-electron chi connectivity index (χ4n) is 4.30. The molecule has 0 saturated carbocycles. The molecule has 5 rings (SSSR count). The minimum Gasteiger partial charge on any atom is -0.497 e. The van der Waals surface area contributed by atoms with Crippen LogP contribution in [0, 0.1) is 13.8 Å². The van der Waals surface area contributed by atoms with Crippen molar-refractivity contribution in [1.29, 1.82) is 0 Å². The molecule has 0 bridgehead atoms. The van der Waals surface area contributed by atoms with Crippen LogP contribution < -0.4 is 16.0 Å². The second-order valence-corrected chi connectivity index (χ2v) is 8.38. The Bertz CT molecular complexity index is 1620. The van der Waals surface area contributed by atoms with Crippen LogP contribution in [0.25, 0.3) is 16.9 Å². The van der Waals surface area contributed by atoms with Crippen molar-refractivity contribution >= 4 is 16.9 Å². The van der Waals surface area contributed by atoms with E-state index in [1.165, 1.54) is 9.13 Å². The number of nitrogens with zero attached hydrogens (tertiary/aromatic N) is 5. The van der Waals surface area contributed by atoms with Gasteiger partial charge >= 0.3 is 5.69 Å². The van der Waals surface area contributed by atoms with Gasteiger partial charge < -0.3 is 9.30 Å². The third kappa shape index (κ3) is 3.44. The minimum absolute atomic E-state index is 0.210. The largest absolute Gasteiger partial charge is 0.497 e. The van der Waals surface area contributed by atoms with Crippen molar-refractivity contribution < 1.29 is 4.74 Å². The molecule has 168 valence electrons. The minimum atomic E-state index is -0.381. The molecule has 0 saturated heterocycles. The van der Waals surface area contributed by atoms with Gasteiger partial charge in [-0.25, -0.2) is 4.79 Å². The van der Waals surface area contributed by atoms with Crippen molar-refractivity contribution in [2.45, 2.75) is 26.9 Å². The summed E-state index contributed by atoms with van der Waals surface area (Å²) in [6.45, 7) is 4.77. The Kier molecular flexibility index (Phi) is 4.92. The third-order valence-electron chi connectivity index (χ3n) is 6.06. The smallest absolute Gasteiger partial charge is 0.332 e. The number of aryl methyl sites for hydroxylation is 3. The lowest BCUT2D eigenvalue weighted by Gasteiger charge is -2.09. The summed E-state index contributed by atoms with van der Waals surface area (Å²) in [5, 5.41) is 0. The Balaban J connectivity index is 1.67. The van der Waals surface area contributed by atoms with Gasteiger partial charge in [-0.3, -0.25) is 18.3 Å². The highest BCUT2D eigenvalue weighted by molar-refractivity contribution is 5.75. The summed E-state index contributed by atoms with van der Waals surface area (Å²) in [5.41, 5.74) is 4.08. The average Bonchev–Trinajstić information content (AvgIpc) is 3.31. The molecule has 5 aromatic rings. The van der Waals surface area contributed by atoms with Gasteiger partial charge in [0.15, 0.2) is 11.2 Å². The first-order chi connectivity index (χ1) is 15.9. The number of benzene rings is 2. The van der Waals surface area contributed by atoms with Gasteiger partial charge in [0.2, 0.25) is 5.78 Å². The first-order valence-corrected chi connectivity index (χ1v) is 10.7. The summed E-state index contributed by atoms with van der Waals surface area (Å²) >= 11 is 0. The summed E-state index contributed by atoms with van der Waals surface area (Å²) < 4.78 is 11.8. The highest BCUT2D eigenvalue weighted by Crippen LogP contribution is 2.19. The number of hydrogen-bond acceptors (Lipinski definition) is 4. The molecule has 0 fully saturated rings. The van der Waals surface area contributed by atoms with E-state index in [0.717, 1.165) is 28.1 Å². The summed E-state index contributed by atoms with van der Waals surface area (Å²) in [4.78, 5) is 31.2. The number of rotatable bonds is 5. The summed E-state index contributed by atoms with van der Waals surface area (Å²) in [6.07, 6.45) is 1.90. The van der Waals surface area contributed by atoms with E-state index in [0.29, 0.717) is 23.5 Å². The van der Waals surface area contributed by atoms with E-state index in [9.17, 15) is 9.59 Å². The van der Waals surface area contributed by atoms with Crippen LogP contribution >= 0.6 is 0 Å². The van der Waals surface area contributed by atoms with Crippen molar-refractivity contribution in [2.75, 3.05) is 7.11 Å². The molecule has 2 aromatic carbocycles. The number of aromatic nitrogens is 5. The number of fused-ring (bicyclic) bond motifs is 3. The van der Waals surface area contributed by atoms with E-state index >= 15 is 0 Å². The van der Waals surface area contributed by atoms with Crippen LogP contribution in [0.15, 0.2) is 64.3 Å². The van der Waals surface area contributed by atoms with E-state index in [4.69, 9.17) is 9.72 Å². The zero-order valence-corrected chi connectivity index (χ0v) is 19.1. The molecular formula is C25H25N5O3. The molecule has 8 heteroatoms.